The fraction of sp³-hybridized carbons (Fsp3) is 0.250. The second-order valence-electron chi connectivity index (χ2n) is 6.80. The molecule has 0 unspecified atom stereocenters. The molecule has 0 radical (unpaired) electrons. The minimum atomic E-state index is -1.10. The number of aryl methyl sites for hydroxylation is 2. The molecule has 1 atom stereocenters. The molecule has 0 saturated carbocycles. The molecule has 0 bridgehead atoms. The highest BCUT2D eigenvalue weighted by Crippen LogP contribution is 2.20. The lowest BCUT2D eigenvalue weighted by Crippen LogP contribution is -2.32. The number of non-ortho nitro benzene ring substituents is 1. The Bertz CT molecular complexity index is 1210. The first kappa shape index (κ1) is 20.8. The Morgan fingerprint density at radius 2 is 1.97 bits per heavy atom. The van der Waals surface area contributed by atoms with E-state index in [2.05, 4.69) is 5.32 Å². The van der Waals surface area contributed by atoms with Crippen LogP contribution >= 0.6 is 0 Å². The van der Waals surface area contributed by atoms with Crippen LogP contribution in [0.1, 0.15) is 18.1 Å². The fourth-order valence-electron chi connectivity index (χ4n) is 2.84. The number of nitrogens with zero attached hydrogens (tertiary/aromatic N) is 2. The predicted octanol–water partition coefficient (Wildman–Crippen LogP) is 2.69. The van der Waals surface area contributed by atoms with Crippen molar-refractivity contribution in [1.29, 1.82) is 0 Å². The van der Waals surface area contributed by atoms with Gasteiger partial charge < -0.3 is 14.5 Å². The molecule has 3 rings (SSSR count). The van der Waals surface area contributed by atoms with Crippen LogP contribution in [0.4, 0.5) is 11.4 Å². The van der Waals surface area contributed by atoms with E-state index in [4.69, 9.17) is 9.15 Å². The summed E-state index contributed by atoms with van der Waals surface area (Å²) in [7, 11) is 0. The molecule has 0 saturated heterocycles. The molecule has 0 spiro atoms. The summed E-state index contributed by atoms with van der Waals surface area (Å²) in [5.41, 5.74) is 2.37. The molecule has 0 aliphatic carbocycles. The quantitative estimate of drug-likeness (QED) is 0.373. The largest absolute Gasteiger partial charge is 0.451 e. The normalized spacial score (nSPS) is 11.8. The molecule has 10 nitrogen and oxygen atoms in total. The van der Waals surface area contributed by atoms with E-state index in [0.717, 1.165) is 21.8 Å². The Labute approximate surface area is 170 Å². The van der Waals surface area contributed by atoms with Gasteiger partial charge in [0.25, 0.3) is 11.6 Å². The third-order valence-corrected chi connectivity index (χ3v) is 4.48. The average Bonchev–Trinajstić information content (AvgIpc) is 2.99. The minimum Gasteiger partial charge on any atom is -0.451 e. The summed E-state index contributed by atoms with van der Waals surface area (Å²) in [6.07, 6.45) is -1.10. The first-order valence-corrected chi connectivity index (χ1v) is 9.01. The Balaban J connectivity index is 1.70. The summed E-state index contributed by atoms with van der Waals surface area (Å²) < 4.78 is 11.1. The molecule has 0 aliphatic heterocycles. The van der Waals surface area contributed by atoms with Crippen LogP contribution in [-0.2, 0) is 20.9 Å². The maximum atomic E-state index is 12.4. The van der Waals surface area contributed by atoms with Gasteiger partial charge in [-0.05, 0) is 44.0 Å². The lowest BCUT2D eigenvalue weighted by molar-refractivity contribution is -0.384. The number of benzene rings is 2. The number of ether oxygens (including phenoxy) is 1. The molecule has 3 aromatic rings. The second-order valence-corrected chi connectivity index (χ2v) is 6.80. The number of carbonyl (C=O) groups is 2. The van der Waals surface area contributed by atoms with Crippen molar-refractivity contribution >= 4 is 34.4 Å². The first-order chi connectivity index (χ1) is 14.2. The van der Waals surface area contributed by atoms with Crippen LogP contribution in [0.25, 0.3) is 11.1 Å². The van der Waals surface area contributed by atoms with E-state index in [1.807, 2.05) is 26.0 Å². The van der Waals surface area contributed by atoms with Crippen LogP contribution in [0.15, 0.2) is 45.6 Å². The van der Waals surface area contributed by atoms with Gasteiger partial charge in [-0.2, -0.15) is 0 Å². The van der Waals surface area contributed by atoms with Crippen LogP contribution in [0.3, 0.4) is 0 Å². The Kier molecular flexibility index (Phi) is 5.67. The van der Waals surface area contributed by atoms with E-state index in [-0.39, 0.29) is 16.8 Å². The number of hydrogen-bond donors (Lipinski definition) is 1. The van der Waals surface area contributed by atoms with Crippen molar-refractivity contribution in [2.45, 2.75) is 33.4 Å². The summed E-state index contributed by atoms with van der Waals surface area (Å²) in [4.78, 5) is 46.9. The summed E-state index contributed by atoms with van der Waals surface area (Å²) in [5.74, 6) is -2.21. The van der Waals surface area contributed by atoms with Crippen molar-refractivity contribution in [2.24, 2.45) is 0 Å². The van der Waals surface area contributed by atoms with E-state index < -0.39 is 35.2 Å². The number of aromatic nitrogens is 1. The molecule has 1 heterocycles. The first-order valence-electron chi connectivity index (χ1n) is 9.01. The number of oxazole rings is 1. The monoisotopic (exact) mass is 413 g/mol. The topological polar surface area (TPSA) is 134 Å². The van der Waals surface area contributed by atoms with Gasteiger partial charge in [-0.1, -0.05) is 12.1 Å². The van der Waals surface area contributed by atoms with E-state index in [0.29, 0.717) is 5.69 Å². The smallest absolute Gasteiger partial charge is 0.420 e. The van der Waals surface area contributed by atoms with Gasteiger partial charge in [-0.25, -0.2) is 4.79 Å². The van der Waals surface area contributed by atoms with Gasteiger partial charge in [0.2, 0.25) is 0 Å². The number of hydrogen-bond acceptors (Lipinski definition) is 7. The van der Waals surface area contributed by atoms with Gasteiger partial charge in [0, 0.05) is 11.8 Å². The van der Waals surface area contributed by atoms with Gasteiger partial charge in [0.05, 0.1) is 16.5 Å². The van der Waals surface area contributed by atoms with E-state index >= 15 is 0 Å². The minimum absolute atomic E-state index is 0.0253. The number of rotatable bonds is 6. The Morgan fingerprint density at radius 1 is 1.23 bits per heavy atom. The molecule has 0 aliphatic rings. The zero-order chi connectivity index (χ0) is 22.0. The number of nitrogens with one attached hydrogen (secondary N) is 1. The summed E-state index contributed by atoms with van der Waals surface area (Å²) in [6, 6.07) is 9.18. The highest BCUT2D eigenvalue weighted by molar-refractivity contribution is 5.95. The van der Waals surface area contributed by atoms with Crippen molar-refractivity contribution in [2.75, 3.05) is 5.32 Å². The number of esters is 1. The Morgan fingerprint density at radius 3 is 2.67 bits per heavy atom. The lowest BCUT2D eigenvalue weighted by atomic mass is 10.1. The van der Waals surface area contributed by atoms with Gasteiger partial charge >= 0.3 is 11.7 Å². The summed E-state index contributed by atoms with van der Waals surface area (Å²) >= 11 is 0. The van der Waals surface area contributed by atoms with E-state index in [9.17, 15) is 24.5 Å². The van der Waals surface area contributed by atoms with Crippen molar-refractivity contribution in [3.8, 4) is 0 Å². The number of fused-ring (bicyclic) bond motifs is 1. The third-order valence-electron chi connectivity index (χ3n) is 4.48. The second kappa shape index (κ2) is 8.19. The highest BCUT2D eigenvalue weighted by atomic mass is 16.6. The van der Waals surface area contributed by atoms with E-state index in [1.54, 1.807) is 6.07 Å². The number of nitro groups is 1. The number of nitro benzene ring substituents is 1. The van der Waals surface area contributed by atoms with Crippen molar-refractivity contribution < 1.29 is 23.7 Å². The highest BCUT2D eigenvalue weighted by Gasteiger charge is 2.21. The number of anilines is 1. The van der Waals surface area contributed by atoms with Gasteiger partial charge in [0.1, 0.15) is 6.54 Å². The molecule has 0 fully saturated rings. The predicted molar refractivity (Wildman–Crippen MR) is 107 cm³/mol. The average molecular weight is 413 g/mol. The molecule has 1 aromatic heterocycles. The van der Waals surface area contributed by atoms with E-state index in [1.165, 1.54) is 19.1 Å². The standard InChI is InChI=1S/C20H19N3O7/c1-11-4-5-12(2)15(8-11)21-19(25)13(3)29-18(24)10-22-16-7-6-14(23(27)28)9-17(16)30-20(22)26/h4-9,13H,10H2,1-3H3,(H,21,25)/t13-/m1/s1. The summed E-state index contributed by atoms with van der Waals surface area (Å²) in [5, 5.41) is 13.5. The zero-order valence-corrected chi connectivity index (χ0v) is 16.5. The van der Waals surface area contributed by atoms with Crippen LogP contribution in [0, 0.1) is 24.0 Å². The van der Waals surface area contributed by atoms with Crippen LogP contribution in [0.2, 0.25) is 0 Å². The maximum Gasteiger partial charge on any atom is 0.420 e. The number of carbonyl (C=O) groups excluding carboxylic acids is 2. The third kappa shape index (κ3) is 4.37. The molecular formula is C20H19N3O7. The molecule has 30 heavy (non-hydrogen) atoms. The molecule has 1 N–H and O–H groups in total. The van der Waals surface area contributed by atoms with Crippen molar-refractivity contribution in [3.63, 3.8) is 0 Å². The lowest BCUT2D eigenvalue weighted by Gasteiger charge is -2.15. The van der Waals surface area contributed by atoms with Crippen molar-refractivity contribution in [3.05, 3.63) is 68.2 Å². The molecule has 156 valence electrons. The number of amides is 1. The van der Waals surface area contributed by atoms with Gasteiger partial charge in [-0.3, -0.25) is 24.3 Å². The molecule has 10 heteroatoms. The van der Waals surface area contributed by atoms with Crippen LogP contribution < -0.4 is 11.1 Å². The van der Waals surface area contributed by atoms with Gasteiger partial charge in [0.15, 0.2) is 11.7 Å². The molecule has 2 aromatic carbocycles. The summed E-state index contributed by atoms with van der Waals surface area (Å²) in [6.45, 7) is 4.63. The zero-order valence-electron chi connectivity index (χ0n) is 16.5. The fourth-order valence-corrected chi connectivity index (χ4v) is 2.84. The van der Waals surface area contributed by atoms with Crippen LogP contribution in [0.5, 0.6) is 0 Å². The van der Waals surface area contributed by atoms with Gasteiger partial charge in [-0.15, -0.1) is 0 Å². The van der Waals surface area contributed by atoms with Crippen molar-refractivity contribution in [1.82, 2.24) is 4.57 Å². The maximum absolute atomic E-state index is 12.4. The molecular weight excluding hydrogens is 394 g/mol. The Hall–Kier alpha value is -3.95. The SMILES string of the molecule is Cc1ccc(C)c(NC(=O)[C@@H](C)OC(=O)Cn2c(=O)oc3cc([N+](=O)[O-])ccc32)c1. The molecule has 1 amide bonds. The van der Waals surface area contributed by atoms with Crippen LogP contribution in [-0.4, -0.2) is 27.5 Å².